The monoisotopic (exact) mass is 278 g/mol. The third kappa shape index (κ3) is 4.32. The Hall–Kier alpha value is -1.39. The summed E-state index contributed by atoms with van der Waals surface area (Å²) >= 11 is 0. The number of nitrogens with one attached hydrogen (secondary N) is 1. The number of nitrogens with zero attached hydrogens (tertiary/aromatic N) is 1. The molecule has 0 spiro atoms. The van der Waals surface area contributed by atoms with E-state index in [0.29, 0.717) is 17.6 Å². The highest BCUT2D eigenvalue weighted by atomic mass is 16.5. The molecule has 0 aliphatic rings. The van der Waals surface area contributed by atoms with Crippen molar-refractivity contribution in [3.05, 3.63) is 35.4 Å². The van der Waals surface area contributed by atoms with E-state index >= 15 is 0 Å². The Morgan fingerprint density at radius 1 is 1.15 bits per heavy atom. The Labute approximate surface area is 122 Å². The third-order valence-corrected chi connectivity index (χ3v) is 3.30. The van der Waals surface area contributed by atoms with Crippen LogP contribution in [-0.4, -0.2) is 44.2 Å². The molecule has 112 valence electrons. The average Bonchev–Trinajstić information content (AvgIpc) is 2.37. The van der Waals surface area contributed by atoms with Crippen molar-refractivity contribution in [3.63, 3.8) is 0 Å². The molecule has 4 heteroatoms. The SMILES string of the molecule is COC(=O)c1ccc([C@@H]([C@H](C)NC(C)C)N(C)C)cc1. The van der Waals surface area contributed by atoms with Crippen LogP contribution >= 0.6 is 0 Å². The van der Waals surface area contributed by atoms with Gasteiger partial charge < -0.3 is 15.0 Å². The van der Waals surface area contributed by atoms with Gasteiger partial charge in [-0.25, -0.2) is 4.79 Å². The summed E-state index contributed by atoms with van der Waals surface area (Å²) < 4.78 is 4.72. The van der Waals surface area contributed by atoms with Crippen molar-refractivity contribution in [2.45, 2.75) is 38.9 Å². The van der Waals surface area contributed by atoms with E-state index in [1.165, 1.54) is 12.7 Å². The second-order valence-corrected chi connectivity index (χ2v) is 5.63. The lowest BCUT2D eigenvalue weighted by Crippen LogP contribution is -2.42. The fourth-order valence-electron chi connectivity index (χ4n) is 2.59. The van der Waals surface area contributed by atoms with Gasteiger partial charge in [-0.1, -0.05) is 26.0 Å². The molecule has 20 heavy (non-hydrogen) atoms. The third-order valence-electron chi connectivity index (χ3n) is 3.30. The van der Waals surface area contributed by atoms with E-state index in [2.05, 4.69) is 45.1 Å². The maximum Gasteiger partial charge on any atom is 0.337 e. The standard InChI is InChI=1S/C16H26N2O2/c1-11(2)17-12(3)15(18(4)5)13-7-9-14(10-8-13)16(19)20-6/h7-12,15,17H,1-6H3/t12-,15+/m0/s1. The summed E-state index contributed by atoms with van der Waals surface area (Å²) in [5.74, 6) is -0.300. The summed E-state index contributed by atoms with van der Waals surface area (Å²) in [6, 6.07) is 8.63. The minimum absolute atomic E-state index is 0.254. The Morgan fingerprint density at radius 2 is 1.70 bits per heavy atom. The molecule has 0 aromatic heterocycles. The quantitative estimate of drug-likeness (QED) is 0.812. The Kier molecular flexibility index (Phi) is 6.17. The number of hydrogen-bond acceptors (Lipinski definition) is 4. The molecule has 1 N–H and O–H groups in total. The molecule has 0 fully saturated rings. The number of likely N-dealkylation sites (N-methyl/N-ethyl adjacent to an activating group) is 1. The zero-order chi connectivity index (χ0) is 15.3. The van der Waals surface area contributed by atoms with Crippen LogP contribution in [0.15, 0.2) is 24.3 Å². The van der Waals surface area contributed by atoms with Gasteiger partial charge >= 0.3 is 5.97 Å². The minimum atomic E-state index is -0.300. The van der Waals surface area contributed by atoms with Crippen molar-refractivity contribution < 1.29 is 9.53 Å². The van der Waals surface area contributed by atoms with E-state index in [9.17, 15) is 4.79 Å². The lowest BCUT2D eigenvalue weighted by Gasteiger charge is -2.32. The molecule has 0 heterocycles. The number of carbonyl (C=O) groups excluding carboxylic acids is 1. The molecule has 1 aromatic rings. The smallest absolute Gasteiger partial charge is 0.337 e. The molecule has 0 unspecified atom stereocenters. The lowest BCUT2D eigenvalue weighted by molar-refractivity contribution is 0.0600. The molecule has 0 aliphatic carbocycles. The Morgan fingerprint density at radius 3 is 2.10 bits per heavy atom. The van der Waals surface area contributed by atoms with E-state index in [1.807, 2.05) is 24.3 Å². The highest BCUT2D eigenvalue weighted by Crippen LogP contribution is 2.23. The first kappa shape index (κ1) is 16.7. The van der Waals surface area contributed by atoms with Gasteiger partial charge in [0, 0.05) is 18.1 Å². The van der Waals surface area contributed by atoms with Crippen LogP contribution in [0.5, 0.6) is 0 Å². The molecule has 0 aliphatic heterocycles. The Bertz CT molecular complexity index is 427. The number of carbonyl (C=O) groups is 1. The molecule has 0 amide bonds. The number of methoxy groups -OCH3 is 1. The molecule has 4 nitrogen and oxygen atoms in total. The summed E-state index contributed by atoms with van der Waals surface area (Å²) in [5, 5.41) is 3.54. The van der Waals surface area contributed by atoms with Gasteiger partial charge in [-0.15, -0.1) is 0 Å². The van der Waals surface area contributed by atoms with Crippen LogP contribution in [0.2, 0.25) is 0 Å². The van der Waals surface area contributed by atoms with E-state index in [-0.39, 0.29) is 12.0 Å². The summed E-state index contributed by atoms with van der Waals surface area (Å²) in [6.45, 7) is 6.46. The second-order valence-electron chi connectivity index (χ2n) is 5.63. The molecule has 0 saturated carbocycles. The molecule has 0 saturated heterocycles. The van der Waals surface area contributed by atoms with Crippen LogP contribution in [0, 0.1) is 0 Å². The van der Waals surface area contributed by atoms with Crippen LogP contribution < -0.4 is 5.32 Å². The van der Waals surface area contributed by atoms with Crippen LogP contribution in [-0.2, 0) is 4.74 Å². The van der Waals surface area contributed by atoms with Crippen molar-refractivity contribution in [3.8, 4) is 0 Å². The molecule has 1 aromatic carbocycles. The molecule has 0 bridgehead atoms. The summed E-state index contributed by atoms with van der Waals surface area (Å²) in [4.78, 5) is 13.7. The molecular formula is C16H26N2O2. The zero-order valence-electron chi connectivity index (χ0n) is 13.3. The maximum atomic E-state index is 11.5. The van der Waals surface area contributed by atoms with Crippen molar-refractivity contribution >= 4 is 5.97 Å². The molecule has 0 radical (unpaired) electrons. The first-order chi connectivity index (χ1) is 9.36. The first-order valence-corrected chi connectivity index (χ1v) is 6.97. The van der Waals surface area contributed by atoms with Gasteiger partial charge in [0.15, 0.2) is 0 Å². The van der Waals surface area contributed by atoms with Crippen LogP contribution in [0.3, 0.4) is 0 Å². The number of esters is 1. The average molecular weight is 278 g/mol. The number of ether oxygens (including phenoxy) is 1. The Balaban J connectivity index is 2.95. The molecular weight excluding hydrogens is 252 g/mol. The summed E-state index contributed by atoms with van der Waals surface area (Å²) in [5.41, 5.74) is 1.77. The normalized spacial score (nSPS) is 14.4. The van der Waals surface area contributed by atoms with E-state index < -0.39 is 0 Å². The van der Waals surface area contributed by atoms with E-state index in [1.54, 1.807) is 0 Å². The fraction of sp³-hybridized carbons (Fsp3) is 0.562. The van der Waals surface area contributed by atoms with Crippen LogP contribution in [0.25, 0.3) is 0 Å². The van der Waals surface area contributed by atoms with Gasteiger partial charge in [-0.3, -0.25) is 0 Å². The fourth-order valence-corrected chi connectivity index (χ4v) is 2.59. The highest BCUT2D eigenvalue weighted by molar-refractivity contribution is 5.89. The van der Waals surface area contributed by atoms with E-state index in [4.69, 9.17) is 4.74 Å². The minimum Gasteiger partial charge on any atom is -0.465 e. The van der Waals surface area contributed by atoms with Crippen molar-refractivity contribution in [1.82, 2.24) is 10.2 Å². The number of hydrogen-bond donors (Lipinski definition) is 1. The van der Waals surface area contributed by atoms with Gasteiger partial charge in [0.25, 0.3) is 0 Å². The summed E-state index contributed by atoms with van der Waals surface area (Å²) in [6.07, 6.45) is 0. The van der Waals surface area contributed by atoms with Crippen LogP contribution in [0.1, 0.15) is 42.7 Å². The van der Waals surface area contributed by atoms with Gasteiger partial charge in [-0.2, -0.15) is 0 Å². The molecule has 1 rings (SSSR count). The van der Waals surface area contributed by atoms with Gasteiger partial charge in [0.2, 0.25) is 0 Å². The zero-order valence-corrected chi connectivity index (χ0v) is 13.3. The van der Waals surface area contributed by atoms with Crippen LogP contribution in [0.4, 0.5) is 0 Å². The topological polar surface area (TPSA) is 41.6 Å². The predicted molar refractivity (Wildman–Crippen MR) is 81.9 cm³/mol. The summed E-state index contributed by atoms with van der Waals surface area (Å²) in [7, 11) is 5.53. The predicted octanol–water partition coefficient (Wildman–Crippen LogP) is 2.46. The van der Waals surface area contributed by atoms with Gasteiger partial charge in [-0.05, 0) is 38.7 Å². The van der Waals surface area contributed by atoms with Crippen molar-refractivity contribution in [2.75, 3.05) is 21.2 Å². The largest absolute Gasteiger partial charge is 0.465 e. The van der Waals surface area contributed by atoms with E-state index in [0.717, 1.165) is 0 Å². The maximum absolute atomic E-state index is 11.5. The number of benzene rings is 1. The molecule has 2 atom stereocenters. The lowest BCUT2D eigenvalue weighted by atomic mass is 9.97. The first-order valence-electron chi connectivity index (χ1n) is 6.97. The van der Waals surface area contributed by atoms with Crippen molar-refractivity contribution in [2.24, 2.45) is 0 Å². The number of rotatable bonds is 6. The van der Waals surface area contributed by atoms with Gasteiger partial charge in [0.05, 0.1) is 12.7 Å². The van der Waals surface area contributed by atoms with Gasteiger partial charge in [0.1, 0.15) is 0 Å². The van der Waals surface area contributed by atoms with Crippen molar-refractivity contribution in [1.29, 1.82) is 0 Å². The second kappa shape index (κ2) is 7.41. The highest BCUT2D eigenvalue weighted by Gasteiger charge is 2.22.